The molecule has 0 saturated carbocycles. The van der Waals surface area contributed by atoms with Crippen molar-refractivity contribution in [3.63, 3.8) is 0 Å². The first-order chi connectivity index (χ1) is 16.1. The first-order valence-electron chi connectivity index (χ1n) is 7.95. The summed E-state index contributed by atoms with van der Waals surface area (Å²) in [5.41, 5.74) is -5.05. The first kappa shape index (κ1) is 40.0. The molecule has 0 aromatic heterocycles. The Balaban J connectivity index is 6.52. The van der Waals surface area contributed by atoms with Crippen LogP contribution in [0.4, 0.5) is 43.9 Å². The molecule has 0 rings (SSSR count). The summed E-state index contributed by atoms with van der Waals surface area (Å²) < 4.78 is 122. The standard InChI is InChI=1S/C12H10BrCl5F10S8/c1-4(14)31-11(36-18,32-5(13)7(15,29-2-19)34-12(26,27)28)10(24,25)35-8(16,23)9(17,30-3-20)33-6(21)22/h4-6H,2-3H2,1H3. The van der Waals surface area contributed by atoms with Gasteiger partial charge in [-0.3, -0.25) is 0 Å². The summed E-state index contributed by atoms with van der Waals surface area (Å²) in [6.45, 7) is 1.16. The molecule has 0 aromatic rings. The van der Waals surface area contributed by atoms with E-state index in [2.05, 4.69) is 15.9 Å². The van der Waals surface area contributed by atoms with Crippen molar-refractivity contribution in [3.8, 4) is 0 Å². The minimum atomic E-state index is -5.05. The van der Waals surface area contributed by atoms with Crippen molar-refractivity contribution in [1.82, 2.24) is 0 Å². The Morgan fingerprint density at radius 1 is 0.833 bits per heavy atom. The van der Waals surface area contributed by atoms with Crippen molar-refractivity contribution in [2.45, 2.75) is 47.3 Å². The maximum absolute atomic E-state index is 15.7. The van der Waals surface area contributed by atoms with Gasteiger partial charge in [-0.05, 0) is 52.1 Å². The molecule has 0 heterocycles. The molecule has 0 aliphatic heterocycles. The average molecular weight is 858 g/mol. The van der Waals surface area contributed by atoms with Crippen molar-refractivity contribution in [3.05, 3.63) is 0 Å². The SMILES string of the molecule is CC(Cl)SC(SCl)(SC(Br)C(Cl)(SCF)SC(F)(F)F)C(F)(F)SC(F)(Cl)C(Cl)(SCF)SC(F)F. The van der Waals surface area contributed by atoms with E-state index in [9.17, 15) is 30.7 Å². The highest BCUT2D eigenvalue weighted by atomic mass is 79.9. The van der Waals surface area contributed by atoms with Crippen molar-refractivity contribution in [1.29, 1.82) is 0 Å². The fraction of sp³-hybridized carbons (Fsp3) is 1.00. The van der Waals surface area contributed by atoms with Crippen molar-refractivity contribution in [2.75, 3.05) is 12.0 Å². The van der Waals surface area contributed by atoms with Crippen LogP contribution < -0.4 is 0 Å². The van der Waals surface area contributed by atoms with Crippen LogP contribution in [0.3, 0.4) is 0 Å². The lowest BCUT2D eigenvalue weighted by atomic mass is 10.8. The van der Waals surface area contributed by atoms with Gasteiger partial charge in [-0.15, -0.1) is 35.1 Å². The van der Waals surface area contributed by atoms with Crippen molar-refractivity contribution < 1.29 is 43.9 Å². The van der Waals surface area contributed by atoms with Gasteiger partial charge < -0.3 is 0 Å². The number of alkyl halides is 15. The van der Waals surface area contributed by atoms with Crippen LogP contribution in [0.25, 0.3) is 0 Å². The molecule has 0 radical (unpaired) electrons. The Morgan fingerprint density at radius 2 is 1.33 bits per heavy atom. The first-order valence-corrected chi connectivity index (χ1v) is 18.3. The van der Waals surface area contributed by atoms with Crippen LogP contribution in [0.5, 0.6) is 0 Å². The summed E-state index contributed by atoms with van der Waals surface area (Å²) in [5.74, 6) is -3.47. The van der Waals surface area contributed by atoms with Gasteiger partial charge in [0.15, 0.2) is 6.95 Å². The van der Waals surface area contributed by atoms with Gasteiger partial charge in [-0.1, -0.05) is 86.0 Å². The normalized spacial score (nSPS) is 21.8. The predicted octanol–water partition coefficient (Wildman–Crippen LogP) is 12.8. The molecule has 0 spiro atoms. The summed E-state index contributed by atoms with van der Waals surface area (Å²) in [6, 6.07) is -3.06. The van der Waals surface area contributed by atoms with Gasteiger partial charge in [-0.25, -0.2) is 13.2 Å². The van der Waals surface area contributed by atoms with Gasteiger partial charge in [0.2, 0.25) is 3.54 Å². The van der Waals surface area contributed by atoms with Crippen molar-refractivity contribution in [2.24, 2.45) is 0 Å². The van der Waals surface area contributed by atoms with E-state index in [0.29, 0.717) is 0 Å². The molecule has 0 aliphatic carbocycles. The third-order valence-electron chi connectivity index (χ3n) is 2.90. The summed E-state index contributed by atoms with van der Waals surface area (Å²) in [7, 11) is 5.47. The number of hydrogen-bond acceptors (Lipinski definition) is 8. The maximum Gasteiger partial charge on any atom is 0.444 e. The van der Waals surface area contributed by atoms with E-state index >= 15 is 13.2 Å². The quantitative estimate of drug-likeness (QED) is 0.0796. The molecule has 0 aromatic carbocycles. The van der Waals surface area contributed by atoms with E-state index in [0.717, 1.165) is 6.92 Å². The molecule has 0 fully saturated rings. The second-order valence-electron chi connectivity index (χ2n) is 5.42. The zero-order valence-electron chi connectivity index (χ0n) is 16.5. The van der Waals surface area contributed by atoms with E-state index < -0.39 is 87.6 Å². The fourth-order valence-electron chi connectivity index (χ4n) is 1.70. The van der Waals surface area contributed by atoms with Gasteiger partial charge in [0.1, 0.15) is 16.2 Å². The minimum absolute atomic E-state index is 0.0955. The molecule has 24 heteroatoms. The monoisotopic (exact) mass is 854 g/mol. The second-order valence-corrected chi connectivity index (χ2v) is 22.1. The summed E-state index contributed by atoms with van der Waals surface area (Å²) >= 11 is 22.4. The van der Waals surface area contributed by atoms with Crippen LogP contribution in [-0.4, -0.2) is 52.3 Å². The summed E-state index contributed by atoms with van der Waals surface area (Å²) in [5, 5.41) is -4.58. The smallest absolute Gasteiger partial charge is 0.239 e. The molecule has 218 valence electrons. The zero-order valence-corrected chi connectivity index (χ0v) is 28.4. The van der Waals surface area contributed by atoms with E-state index in [4.69, 9.17) is 57.1 Å². The largest absolute Gasteiger partial charge is 0.444 e. The molecule has 0 bridgehead atoms. The molecule has 0 nitrogen and oxygen atoms in total. The number of rotatable bonds is 17. The average Bonchev–Trinajstić information content (AvgIpc) is 2.64. The highest BCUT2D eigenvalue weighted by molar-refractivity contribution is 9.11. The van der Waals surface area contributed by atoms with Crippen LogP contribution in [0.2, 0.25) is 0 Å². The molecule has 0 amide bonds. The van der Waals surface area contributed by atoms with Crippen LogP contribution in [-0.2, 0) is 0 Å². The predicted molar refractivity (Wildman–Crippen MR) is 153 cm³/mol. The Hall–Kier alpha value is 4.03. The van der Waals surface area contributed by atoms with E-state index in [1.165, 1.54) is 0 Å². The Bertz CT molecular complexity index is 689. The molecule has 0 N–H and O–H groups in total. The fourth-order valence-corrected chi connectivity index (χ4v) is 15.7. The maximum atomic E-state index is 15.7. The molecule has 6 unspecified atom stereocenters. The molecule has 0 aliphatic rings. The molecule has 36 heavy (non-hydrogen) atoms. The van der Waals surface area contributed by atoms with Gasteiger partial charge in [0.05, 0.1) is 4.71 Å². The molecule has 6 atom stereocenters. The number of hydrogen-bond donors (Lipinski definition) is 0. The Morgan fingerprint density at radius 3 is 1.69 bits per heavy atom. The summed E-state index contributed by atoms with van der Waals surface area (Å²) in [6.07, 6.45) is 0. The minimum Gasteiger partial charge on any atom is -0.239 e. The lowest BCUT2D eigenvalue weighted by Crippen LogP contribution is -2.46. The third-order valence-corrected chi connectivity index (χ3v) is 19.7. The van der Waals surface area contributed by atoms with Crippen LogP contribution in [0, 0.1) is 0 Å². The number of halogens is 16. The topological polar surface area (TPSA) is 0 Å². The third kappa shape index (κ3) is 12.0. The Labute approximate surface area is 266 Å². The van der Waals surface area contributed by atoms with Crippen LogP contribution in [0.15, 0.2) is 0 Å². The second kappa shape index (κ2) is 16.2. The van der Waals surface area contributed by atoms with Crippen molar-refractivity contribution >= 4 is 166 Å². The van der Waals surface area contributed by atoms with Gasteiger partial charge in [0, 0.05) is 0 Å². The molecule has 0 saturated heterocycles. The van der Waals surface area contributed by atoms with Crippen LogP contribution >= 0.6 is 166 Å². The lowest BCUT2D eigenvalue weighted by molar-refractivity contribution is -0.0330. The van der Waals surface area contributed by atoms with Crippen LogP contribution in [0.1, 0.15) is 6.92 Å². The van der Waals surface area contributed by atoms with E-state index in [-0.39, 0.29) is 58.0 Å². The molecular formula is C12H10BrCl5F10S8. The van der Waals surface area contributed by atoms with E-state index in [1.807, 2.05) is 0 Å². The van der Waals surface area contributed by atoms with Gasteiger partial charge in [-0.2, -0.15) is 30.7 Å². The van der Waals surface area contributed by atoms with Gasteiger partial charge >= 0.3 is 10.8 Å². The van der Waals surface area contributed by atoms with E-state index in [1.54, 1.807) is 0 Å². The number of thioether (sulfide) groups is 7. The lowest BCUT2D eigenvalue weighted by Gasteiger charge is -2.43. The Kier molecular flexibility index (Phi) is 18.0. The molecular weight excluding hydrogens is 848 g/mol. The van der Waals surface area contributed by atoms with Gasteiger partial charge in [0.25, 0.3) is 10.2 Å². The zero-order chi connectivity index (χ0) is 28.8. The summed E-state index contributed by atoms with van der Waals surface area (Å²) in [4.78, 5) is 0. The highest BCUT2D eigenvalue weighted by Gasteiger charge is 2.67. The highest BCUT2D eigenvalue weighted by Crippen LogP contribution is 2.72.